The fourth-order valence-corrected chi connectivity index (χ4v) is 4.32. The van der Waals surface area contributed by atoms with Crippen LogP contribution < -0.4 is 16.4 Å². The van der Waals surface area contributed by atoms with Crippen LogP contribution in [-0.4, -0.2) is 21.3 Å². The summed E-state index contributed by atoms with van der Waals surface area (Å²) < 4.78 is 39.0. The third-order valence-electron chi connectivity index (χ3n) is 4.90. The summed E-state index contributed by atoms with van der Waals surface area (Å²) in [5.74, 6) is 0. The van der Waals surface area contributed by atoms with Crippen LogP contribution in [0.5, 0.6) is 0 Å². The van der Waals surface area contributed by atoms with Crippen molar-refractivity contribution in [3.8, 4) is 32.0 Å². The van der Waals surface area contributed by atoms with Crippen LogP contribution in [0.4, 0.5) is 34.3 Å². The van der Waals surface area contributed by atoms with Gasteiger partial charge in [-0.25, -0.2) is 0 Å². The summed E-state index contributed by atoms with van der Waals surface area (Å²) >= 11 is 1.77. The summed E-state index contributed by atoms with van der Waals surface area (Å²) in [6.45, 7) is 0. The van der Waals surface area contributed by atoms with E-state index in [0.29, 0.717) is 0 Å². The molecule has 3 nitrogen and oxygen atoms in total. The summed E-state index contributed by atoms with van der Waals surface area (Å²) in [5, 5.41) is 0. The van der Waals surface area contributed by atoms with Crippen LogP contribution in [0.15, 0.2) is 84.9 Å². The summed E-state index contributed by atoms with van der Waals surface area (Å²) in [5.41, 5.74) is 19.2. The highest BCUT2D eigenvalue weighted by Crippen LogP contribution is 2.38. The first-order valence-electron chi connectivity index (χ1n) is 10.3. The van der Waals surface area contributed by atoms with Gasteiger partial charge in [-0.1, -0.05) is 12.1 Å². The topological polar surface area (TPSA) is 55.3 Å². The minimum Gasteiger partial charge on any atom is -0.418 e. The average Bonchev–Trinajstić information content (AvgIpc) is 2.79. The van der Waals surface area contributed by atoms with Crippen molar-refractivity contribution in [1.29, 1.82) is 0 Å². The van der Waals surface area contributed by atoms with Crippen molar-refractivity contribution >= 4 is 35.7 Å². The zero-order chi connectivity index (χ0) is 24.9. The molecule has 4 N–H and O–H groups in total. The van der Waals surface area contributed by atoms with Crippen molar-refractivity contribution in [3.05, 3.63) is 84.9 Å². The van der Waals surface area contributed by atoms with E-state index in [9.17, 15) is 17.3 Å². The molecule has 0 aliphatic heterocycles. The summed E-state index contributed by atoms with van der Waals surface area (Å²) in [6.07, 6.45) is 0. The van der Waals surface area contributed by atoms with Gasteiger partial charge >= 0.3 is 7.25 Å². The van der Waals surface area contributed by atoms with Crippen LogP contribution in [0.1, 0.15) is 0 Å². The van der Waals surface area contributed by atoms with E-state index in [1.165, 1.54) is 26.6 Å². The third-order valence-corrected chi connectivity index (χ3v) is 6.05. The Kier molecular flexibility index (Phi) is 7.78. The van der Waals surface area contributed by atoms with Crippen molar-refractivity contribution < 1.29 is 17.3 Å². The van der Waals surface area contributed by atoms with Gasteiger partial charge in [0, 0.05) is 54.4 Å². The van der Waals surface area contributed by atoms with Crippen molar-refractivity contribution in [3.63, 3.8) is 0 Å². The monoisotopic (exact) mass is 485 g/mol. The smallest absolute Gasteiger partial charge is 0.418 e. The predicted octanol–water partition coefficient (Wildman–Crippen LogP) is 7.56. The highest BCUT2D eigenvalue weighted by molar-refractivity contribution is 7.18. The van der Waals surface area contributed by atoms with E-state index in [4.69, 9.17) is 11.5 Å². The first kappa shape index (κ1) is 25.0. The maximum absolute atomic E-state index is 9.75. The maximum atomic E-state index is 9.75. The van der Waals surface area contributed by atoms with Gasteiger partial charge in [0.1, 0.15) is 0 Å². The van der Waals surface area contributed by atoms with Gasteiger partial charge < -0.3 is 33.6 Å². The van der Waals surface area contributed by atoms with Gasteiger partial charge in [0.25, 0.3) is 0 Å². The third kappa shape index (κ3) is 7.21. The SMILES string of the molecule is CN(C)c1ccc(-c2cc(-c3ccc(N)cc3)[s+]c(-c3ccc(N)cc3)c2)cc1.F[B-](F)(F)F. The second-order valence-corrected chi connectivity index (χ2v) is 8.84. The largest absolute Gasteiger partial charge is 0.673 e. The second kappa shape index (κ2) is 10.6. The number of nitrogens with zero attached hydrogens (tertiary/aromatic N) is 1. The lowest BCUT2D eigenvalue weighted by Crippen LogP contribution is -2.07. The molecule has 4 aromatic rings. The lowest BCUT2D eigenvalue weighted by Gasteiger charge is -2.12. The van der Waals surface area contributed by atoms with Crippen molar-refractivity contribution in [2.45, 2.75) is 0 Å². The summed E-state index contributed by atoms with van der Waals surface area (Å²) in [4.78, 5) is 4.51. The fourth-order valence-electron chi connectivity index (χ4n) is 3.20. The lowest BCUT2D eigenvalue weighted by atomic mass is 10.0. The van der Waals surface area contributed by atoms with Gasteiger partial charge in [-0.3, -0.25) is 0 Å². The highest BCUT2D eigenvalue weighted by atomic mass is 32.1. The van der Waals surface area contributed by atoms with Crippen LogP contribution in [0.25, 0.3) is 32.0 Å². The number of rotatable bonds is 4. The molecule has 4 rings (SSSR count). The molecule has 0 unspecified atom stereocenters. The van der Waals surface area contributed by atoms with Gasteiger partial charge in [0.2, 0.25) is 21.1 Å². The molecule has 3 aromatic carbocycles. The molecule has 0 bridgehead atoms. The molecule has 0 spiro atoms. The predicted molar refractivity (Wildman–Crippen MR) is 138 cm³/mol. The lowest BCUT2D eigenvalue weighted by molar-refractivity contribution is 0.368. The molecule has 0 saturated heterocycles. The fraction of sp³-hybridized carbons (Fsp3) is 0.0800. The highest BCUT2D eigenvalue weighted by Gasteiger charge is 2.21. The van der Waals surface area contributed by atoms with Crippen molar-refractivity contribution in [1.82, 2.24) is 0 Å². The van der Waals surface area contributed by atoms with E-state index in [1.54, 1.807) is 11.3 Å². The Balaban J connectivity index is 0.000000588. The molecular formula is C25H24BF4N3S. The number of hydrogen-bond acceptors (Lipinski definition) is 3. The Morgan fingerprint density at radius 3 is 1.29 bits per heavy atom. The zero-order valence-corrected chi connectivity index (χ0v) is 19.5. The van der Waals surface area contributed by atoms with Gasteiger partial charge in [0.05, 0.1) is 0 Å². The van der Waals surface area contributed by atoms with Crippen LogP contribution in [-0.2, 0) is 0 Å². The Morgan fingerprint density at radius 1 is 0.588 bits per heavy atom. The van der Waals surface area contributed by atoms with E-state index < -0.39 is 7.25 Å². The van der Waals surface area contributed by atoms with Crippen LogP contribution in [0.2, 0.25) is 0 Å². The van der Waals surface area contributed by atoms with Crippen LogP contribution >= 0.6 is 11.3 Å². The molecule has 0 amide bonds. The second-order valence-electron chi connectivity index (χ2n) is 7.75. The van der Waals surface area contributed by atoms with Crippen LogP contribution in [0, 0.1) is 0 Å². The minimum absolute atomic E-state index is 0.771. The number of nitrogen functional groups attached to an aromatic ring is 2. The molecule has 176 valence electrons. The van der Waals surface area contributed by atoms with E-state index in [-0.39, 0.29) is 0 Å². The molecule has 1 heterocycles. The number of halogens is 4. The average molecular weight is 485 g/mol. The quantitative estimate of drug-likeness (QED) is 0.136. The van der Waals surface area contributed by atoms with Gasteiger partial charge in [-0.05, 0) is 71.8 Å². The Bertz CT molecular complexity index is 1160. The van der Waals surface area contributed by atoms with Crippen LogP contribution in [0.3, 0.4) is 0 Å². The molecule has 0 atom stereocenters. The number of benzene rings is 3. The van der Waals surface area contributed by atoms with Crippen molar-refractivity contribution in [2.24, 2.45) is 0 Å². The molecule has 0 radical (unpaired) electrons. The van der Waals surface area contributed by atoms with Gasteiger partial charge in [-0.2, -0.15) is 0 Å². The molecule has 34 heavy (non-hydrogen) atoms. The molecule has 9 heteroatoms. The van der Waals surface area contributed by atoms with Gasteiger partial charge in [0.15, 0.2) is 0 Å². The minimum atomic E-state index is -6.00. The number of hydrogen-bond donors (Lipinski definition) is 2. The van der Waals surface area contributed by atoms with Gasteiger partial charge in [-0.15, -0.1) is 0 Å². The molecule has 0 aliphatic carbocycles. The summed E-state index contributed by atoms with van der Waals surface area (Å²) in [7, 11) is -1.89. The first-order chi connectivity index (χ1) is 16.0. The van der Waals surface area contributed by atoms with Crippen molar-refractivity contribution in [2.75, 3.05) is 30.5 Å². The maximum Gasteiger partial charge on any atom is 0.673 e. The number of nitrogens with two attached hydrogens (primary N) is 2. The van der Waals surface area contributed by atoms with E-state index in [0.717, 1.165) is 22.5 Å². The van der Waals surface area contributed by atoms with E-state index >= 15 is 0 Å². The zero-order valence-electron chi connectivity index (χ0n) is 18.7. The normalized spacial score (nSPS) is 10.9. The molecule has 0 aliphatic rings. The summed E-state index contributed by atoms with van der Waals surface area (Å²) in [6, 6.07) is 29.3. The standard InChI is InChI=1S/C25H24N3S.BF4/c1-28(2)23-13-7-17(8-14-23)20-15-24(18-3-9-21(26)10-4-18)29-25(16-20)19-5-11-22(27)12-6-19;2-1(3,4)5/h3-16H,26-27H2,1-2H3;/q+1;-1. The molecular weight excluding hydrogens is 461 g/mol. The Labute approximate surface area is 200 Å². The molecule has 0 fully saturated rings. The molecule has 0 saturated carbocycles. The van der Waals surface area contributed by atoms with E-state index in [1.807, 2.05) is 24.3 Å². The van der Waals surface area contributed by atoms with E-state index in [2.05, 4.69) is 79.7 Å². The number of anilines is 3. The first-order valence-corrected chi connectivity index (χ1v) is 11.2. The Morgan fingerprint density at radius 2 is 0.941 bits per heavy atom. The molecule has 1 aromatic heterocycles. The Hall–Kier alpha value is -3.59.